The Bertz CT molecular complexity index is 645. The van der Waals surface area contributed by atoms with Gasteiger partial charge in [-0.05, 0) is 69.5 Å². The van der Waals surface area contributed by atoms with Gasteiger partial charge in [0.1, 0.15) is 18.1 Å². The van der Waals surface area contributed by atoms with Crippen LogP contribution in [0.4, 0.5) is 0 Å². The van der Waals surface area contributed by atoms with Crippen LogP contribution in [-0.4, -0.2) is 78.1 Å². The summed E-state index contributed by atoms with van der Waals surface area (Å²) in [5.74, 6) is -1.92. The SMILES string of the molecule is CCC(C)C(NC(=O)C(CCCCN)NC(=O)C(CCSC)NC(=O)C1CCCN1)C(=O)O. The van der Waals surface area contributed by atoms with Crippen molar-refractivity contribution in [2.75, 3.05) is 25.1 Å². The summed E-state index contributed by atoms with van der Waals surface area (Å²) in [5, 5.41) is 20.8. The highest BCUT2D eigenvalue weighted by Gasteiger charge is 2.32. The molecule has 0 aromatic heterocycles. The average Bonchev–Trinajstić information content (AvgIpc) is 3.33. The Morgan fingerprint density at radius 3 is 2.30 bits per heavy atom. The van der Waals surface area contributed by atoms with Crippen molar-refractivity contribution in [1.29, 1.82) is 0 Å². The molecule has 190 valence electrons. The van der Waals surface area contributed by atoms with Crippen molar-refractivity contribution in [2.24, 2.45) is 11.7 Å². The van der Waals surface area contributed by atoms with Gasteiger partial charge in [0.15, 0.2) is 0 Å². The number of hydrogen-bond acceptors (Lipinski definition) is 7. The van der Waals surface area contributed by atoms with E-state index in [9.17, 15) is 24.3 Å². The maximum atomic E-state index is 13.1. The Balaban J connectivity index is 2.91. The molecule has 1 aliphatic rings. The summed E-state index contributed by atoms with van der Waals surface area (Å²) in [7, 11) is 0. The van der Waals surface area contributed by atoms with Crippen molar-refractivity contribution >= 4 is 35.5 Å². The monoisotopic (exact) mass is 487 g/mol. The largest absolute Gasteiger partial charge is 0.480 e. The number of carboxylic acid groups (broad SMARTS) is 1. The number of amides is 3. The van der Waals surface area contributed by atoms with Crippen LogP contribution in [0.25, 0.3) is 0 Å². The highest BCUT2D eigenvalue weighted by atomic mass is 32.2. The van der Waals surface area contributed by atoms with Crippen LogP contribution in [0, 0.1) is 5.92 Å². The fraction of sp³-hybridized carbons (Fsp3) is 0.818. The Hall–Kier alpha value is -1.85. The summed E-state index contributed by atoms with van der Waals surface area (Å²) >= 11 is 1.56. The molecule has 1 fully saturated rings. The molecule has 11 heteroatoms. The minimum atomic E-state index is -1.11. The zero-order valence-electron chi connectivity index (χ0n) is 20.0. The van der Waals surface area contributed by atoms with Crippen LogP contribution >= 0.6 is 11.8 Å². The number of aliphatic carboxylic acids is 1. The second kappa shape index (κ2) is 15.9. The number of carbonyl (C=O) groups is 4. The third-order valence-electron chi connectivity index (χ3n) is 5.98. The molecule has 10 nitrogen and oxygen atoms in total. The first-order chi connectivity index (χ1) is 15.7. The molecule has 1 aliphatic heterocycles. The Morgan fingerprint density at radius 1 is 1.09 bits per heavy atom. The predicted molar refractivity (Wildman–Crippen MR) is 130 cm³/mol. The van der Waals surface area contributed by atoms with Gasteiger partial charge in [-0.25, -0.2) is 4.79 Å². The van der Waals surface area contributed by atoms with Gasteiger partial charge in [-0.1, -0.05) is 20.3 Å². The van der Waals surface area contributed by atoms with Gasteiger partial charge in [-0.3, -0.25) is 14.4 Å². The molecule has 0 aliphatic carbocycles. The van der Waals surface area contributed by atoms with Gasteiger partial charge in [0, 0.05) is 0 Å². The van der Waals surface area contributed by atoms with E-state index >= 15 is 0 Å². The minimum absolute atomic E-state index is 0.222. The number of hydrogen-bond donors (Lipinski definition) is 6. The van der Waals surface area contributed by atoms with Crippen LogP contribution in [-0.2, 0) is 19.2 Å². The van der Waals surface area contributed by atoms with Crippen LogP contribution < -0.4 is 27.0 Å². The van der Waals surface area contributed by atoms with Crippen molar-refractivity contribution in [3.8, 4) is 0 Å². The van der Waals surface area contributed by atoms with E-state index in [1.807, 2.05) is 13.2 Å². The summed E-state index contributed by atoms with van der Waals surface area (Å²) in [6.07, 6.45) is 6.15. The van der Waals surface area contributed by atoms with Crippen molar-refractivity contribution < 1.29 is 24.3 Å². The van der Waals surface area contributed by atoms with Crippen LogP contribution in [0.3, 0.4) is 0 Å². The lowest BCUT2D eigenvalue weighted by Gasteiger charge is -2.26. The van der Waals surface area contributed by atoms with Crippen molar-refractivity contribution in [3.05, 3.63) is 0 Å². The fourth-order valence-electron chi connectivity index (χ4n) is 3.66. The minimum Gasteiger partial charge on any atom is -0.480 e. The highest BCUT2D eigenvalue weighted by Crippen LogP contribution is 2.11. The number of nitrogens with one attached hydrogen (secondary N) is 4. The lowest BCUT2D eigenvalue weighted by Crippen LogP contribution is -2.57. The topological polar surface area (TPSA) is 163 Å². The molecule has 3 amide bonds. The Kier molecular flexibility index (Phi) is 14.1. The summed E-state index contributed by atoms with van der Waals surface area (Å²) < 4.78 is 0. The van der Waals surface area contributed by atoms with Crippen LogP contribution in [0.5, 0.6) is 0 Å². The van der Waals surface area contributed by atoms with Crippen molar-refractivity contribution in [1.82, 2.24) is 21.3 Å². The van der Waals surface area contributed by atoms with Crippen LogP contribution in [0.2, 0.25) is 0 Å². The third-order valence-corrected chi connectivity index (χ3v) is 6.62. The second-order valence-corrected chi connectivity index (χ2v) is 9.53. The molecule has 0 bridgehead atoms. The summed E-state index contributed by atoms with van der Waals surface area (Å²) in [5.41, 5.74) is 5.57. The van der Waals surface area contributed by atoms with Gasteiger partial charge < -0.3 is 32.1 Å². The quantitative estimate of drug-likeness (QED) is 0.168. The standard InChI is InChI=1S/C22H41N5O5S/c1-4-14(2)18(22(31)32)27-21(30)16(8-5-6-11-23)25-20(29)17(10-13-33-3)26-19(28)15-9-7-12-24-15/h14-18,24H,4-13,23H2,1-3H3,(H,25,29)(H,26,28)(H,27,30)(H,31,32). The normalized spacial score (nSPS) is 19.2. The van der Waals surface area contributed by atoms with Crippen LogP contribution in [0.1, 0.15) is 58.8 Å². The molecular weight excluding hydrogens is 446 g/mol. The smallest absolute Gasteiger partial charge is 0.326 e. The Morgan fingerprint density at radius 2 is 1.76 bits per heavy atom. The summed E-state index contributed by atoms with van der Waals surface area (Å²) in [4.78, 5) is 50.2. The van der Waals surface area contributed by atoms with Crippen molar-refractivity contribution in [3.63, 3.8) is 0 Å². The molecule has 1 rings (SSSR count). The van der Waals surface area contributed by atoms with Crippen molar-refractivity contribution in [2.45, 2.75) is 83.0 Å². The molecule has 0 aromatic rings. The highest BCUT2D eigenvalue weighted by molar-refractivity contribution is 7.98. The van der Waals surface area contributed by atoms with Gasteiger partial charge in [0.25, 0.3) is 0 Å². The van der Waals surface area contributed by atoms with E-state index in [2.05, 4.69) is 21.3 Å². The lowest BCUT2D eigenvalue weighted by molar-refractivity contribution is -0.144. The number of carboxylic acids is 1. The lowest BCUT2D eigenvalue weighted by atomic mass is 9.98. The molecule has 5 unspecified atom stereocenters. The molecular formula is C22H41N5O5S. The van der Waals surface area contributed by atoms with Gasteiger partial charge in [0.2, 0.25) is 17.7 Å². The molecule has 33 heavy (non-hydrogen) atoms. The van der Waals surface area contributed by atoms with Gasteiger partial charge in [0.05, 0.1) is 6.04 Å². The molecule has 1 saturated heterocycles. The van der Waals surface area contributed by atoms with Gasteiger partial charge >= 0.3 is 5.97 Å². The first kappa shape index (κ1) is 29.2. The first-order valence-corrected chi connectivity index (χ1v) is 13.2. The molecule has 5 atom stereocenters. The first-order valence-electron chi connectivity index (χ1n) is 11.8. The predicted octanol–water partition coefficient (Wildman–Crippen LogP) is 0.206. The Labute approximate surface area is 200 Å². The van der Waals surface area contributed by atoms with E-state index < -0.39 is 35.9 Å². The maximum Gasteiger partial charge on any atom is 0.326 e. The molecule has 0 aromatic carbocycles. The number of carbonyl (C=O) groups excluding carboxylic acids is 3. The van der Waals surface area contributed by atoms with Gasteiger partial charge in [-0.2, -0.15) is 11.8 Å². The second-order valence-electron chi connectivity index (χ2n) is 8.55. The van der Waals surface area contributed by atoms with E-state index in [-0.39, 0.29) is 17.9 Å². The third kappa shape index (κ3) is 10.3. The molecule has 0 saturated carbocycles. The number of unbranched alkanes of at least 4 members (excludes halogenated alkanes) is 1. The van der Waals surface area contributed by atoms with Gasteiger partial charge in [-0.15, -0.1) is 0 Å². The number of rotatable bonds is 16. The van der Waals surface area contributed by atoms with E-state index in [4.69, 9.17) is 5.73 Å². The molecule has 0 radical (unpaired) electrons. The average molecular weight is 488 g/mol. The molecule has 1 heterocycles. The van der Waals surface area contributed by atoms with E-state index in [1.165, 1.54) is 0 Å². The number of nitrogens with two attached hydrogens (primary N) is 1. The summed E-state index contributed by atoms with van der Waals surface area (Å²) in [6, 6.07) is -3.04. The maximum absolute atomic E-state index is 13.1. The number of thioether (sulfide) groups is 1. The van der Waals surface area contributed by atoms with E-state index in [1.54, 1.807) is 18.7 Å². The fourth-order valence-corrected chi connectivity index (χ4v) is 4.13. The van der Waals surface area contributed by atoms with E-state index in [0.717, 1.165) is 19.4 Å². The van der Waals surface area contributed by atoms with E-state index in [0.29, 0.717) is 44.4 Å². The molecule has 7 N–H and O–H groups in total. The summed E-state index contributed by atoms with van der Waals surface area (Å²) in [6.45, 7) is 4.83. The zero-order valence-corrected chi connectivity index (χ0v) is 20.8. The molecule has 0 spiro atoms. The zero-order chi connectivity index (χ0) is 24.8. The van der Waals surface area contributed by atoms with Crippen LogP contribution in [0.15, 0.2) is 0 Å².